The molecule has 0 N–H and O–H groups in total. The number of hydrogen-bond acceptors (Lipinski definition) is 2. The molecule has 0 atom stereocenters. The molecule has 0 aliphatic carbocycles. The summed E-state index contributed by atoms with van der Waals surface area (Å²) < 4.78 is 0. The van der Waals surface area contributed by atoms with Gasteiger partial charge in [-0.25, -0.2) is 4.98 Å². The van der Waals surface area contributed by atoms with Crippen molar-refractivity contribution in [3.8, 4) is 11.4 Å². The maximum atomic E-state index is 4.69. The third-order valence-electron chi connectivity index (χ3n) is 2.53. The number of rotatable bonds is 1. The number of benzene rings is 1. The van der Waals surface area contributed by atoms with Crippen molar-refractivity contribution in [3.05, 3.63) is 60.8 Å². The zero-order chi connectivity index (χ0) is 12.8. The van der Waals surface area contributed by atoms with Crippen LogP contribution in [0.15, 0.2) is 60.8 Å². The zero-order valence-corrected chi connectivity index (χ0v) is 12.9. The fourth-order valence-electron chi connectivity index (χ4n) is 1.72. The minimum Gasteiger partial charge on any atom is -0.255 e. The summed E-state index contributed by atoms with van der Waals surface area (Å²) in [4.78, 5) is 8.88. The molecule has 3 rings (SSSR count). The summed E-state index contributed by atoms with van der Waals surface area (Å²) in [6.45, 7) is 0. The second-order valence-electron chi connectivity index (χ2n) is 3.60. The molecule has 0 aliphatic heterocycles. The smallest absolute Gasteiger partial charge is 0.0893 e. The molecule has 0 aliphatic rings. The first kappa shape index (κ1) is 13.2. The van der Waals surface area contributed by atoms with Gasteiger partial charge in [-0.05, 0) is 24.3 Å². The Morgan fingerprint density at radius 3 is 2.33 bits per heavy atom. The molecule has 18 heavy (non-hydrogen) atoms. The number of hydrogen-bond donors (Lipinski definition) is 0. The Kier molecular flexibility index (Phi) is 4.83. The average molecular weight is 428 g/mol. The van der Waals surface area contributed by atoms with Crippen LogP contribution < -0.4 is 0 Å². The van der Waals surface area contributed by atoms with E-state index in [9.17, 15) is 0 Å². The summed E-state index contributed by atoms with van der Waals surface area (Å²) in [7, 11) is 4.69. The molecule has 0 amide bonds. The van der Waals surface area contributed by atoms with Gasteiger partial charge in [-0.3, -0.25) is 4.98 Å². The van der Waals surface area contributed by atoms with Crippen LogP contribution in [0, 0.1) is 0 Å². The third kappa shape index (κ3) is 2.94. The number of pyridine rings is 2. The van der Waals surface area contributed by atoms with Crippen LogP contribution in [0.5, 0.6) is 0 Å². The van der Waals surface area contributed by atoms with Crippen LogP contribution in [0.4, 0.5) is 0 Å². The van der Waals surface area contributed by atoms with Crippen molar-refractivity contribution < 1.29 is 18.2 Å². The fourth-order valence-corrected chi connectivity index (χ4v) is 1.72. The summed E-state index contributed by atoms with van der Waals surface area (Å²) in [6, 6.07) is 18.0. The summed E-state index contributed by atoms with van der Waals surface area (Å²) in [5, 5.41) is 1.15. The van der Waals surface area contributed by atoms with E-state index in [-0.39, 0.29) is 0 Å². The molecule has 90 valence electrons. The molecule has 3 aromatic rings. The first-order valence-corrected chi connectivity index (χ1v) is 8.71. The normalized spacial score (nSPS) is 9.67. The van der Waals surface area contributed by atoms with Crippen LogP contribution >= 0.6 is 9.53 Å². The van der Waals surface area contributed by atoms with Gasteiger partial charge in [-0.2, -0.15) is 0 Å². The predicted octanol–water partition coefficient (Wildman–Crippen LogP) is 3.98. The van der Waals surface area contributed by atoms with E-state index in [4.69, 9.17) is 9.53 Å². The van der Waals surface area contributed by atoms with Crippen LogP contribution in [0.3, 0.4) is 0 Å². The molecule has 0 saturated heterocycles. The molecule has 2 nitrogen and oxygen atoms in total. The van der Waals surface area contributed by atoms with Crippen molar-refractivity contribution in [1.82, 2.24) is 9.97 Å². The Hall–Kier alpha value is -1.27. The Morgan fingerprint density at radius 1 is 0.778 bits per heavy atom. The molecular formula is C14H10ClN2Re. The second kappa shape index (κ2) is 6.61. The van der Waals surface area contributed by atoms with Crippen molar-refractivity contribution in [3.63, 3.8) is 0 Å². The van der Waals surface area contributed by atoms with Gasteiger partial charge >= 0.3 is 27.7 Å². The van der Waals surface area contributed by atoms with Gasteiger partial charge in [0.2, 0.25) is 0 Å². The summed E-state index contributed by atoms with van der Waals surface area (Å²) in [5.41, 5.74) is 2.83. The standard InChI is InChI=1S/C14H10N2.ClH.Re/c1-2-6-12-11(5-1)8-9-14(16-12)13-7-3-4-10-15-13;;/h1-10H;1H;/q;;+1/p-1. The molecule has 2 aromatic heterocycles. The second-order valence-corrected chi connectivity index (χ2v) is 3.60. The first-order chi connectivity index (χ1) is 8.93. The number of aromatic nitrogens is 2. The van der Waals surface area contributed by atoms with E-state index in [1.807, 2.05) is 42.5 Å². The van der Waals surface area contributed by atoms with Crippen molar-refractivity contribution >= 4 is 20.4 Å². The quantitative estimate of drug-likeness (QED) is 0.587. The molecule has 0 fully saturated rings. The third-order valence-corrected chi connectivity index (χ3v) is 2.53. The fraction of sp³-hybridized carbons (Fsp3) is 0. The van der Waals surface area contributed by atoms with Crippen LogP contribution in [0.1, 0.15) is 0 Å². The van der Waals surface area contributed by atoms with Gasteiger partial charge < -0.3 is 0 Å². The van der Waals surface area contributed by atoms with Gasteiger partial charge in [-0.15, -0.1) is 0 Å². The molecule has 1 aromatic carbocycles. The average Bonchev–Trinajstić information content (AvgIpc) is 2.50. The van der Waals surface area contributed by atoms with Crippen LogP contribution in [-0.2, 0) is 18.2 Å². The van der Waals surface area contributed by atoms with Gasteiger partial charge in [0.1, 0.15) is 0 Å². The van der Waals surface area contributed by atoms with E-state index >= 15 is 0 Å². The SMILES string of the molecule is [Cl][Re].c1ccc(-c2ccc3ccccc3n2)nc1. The van der Waals surface area contributed by atoms with Crippen molar-refractivity contribution in [2.45, 2.75) is 0 Å². The van der Waals surface area contributed by atoms with Crippen molar-refractivity contribution in [2.75, 3.05) is 0 Å². The molecular weight excluding hydrogens is 418 g/mol. The summed E-state index contributed by atoms with van der Waals surface area (Å²) in [5.74, 6) is 0. The van der Waals surface area contributed by atoms with Gasteiger partial charge in [0, 0.05) is 11.6 Å². The molecule has 0 saturated carbocycles. The molecule has 2 heterocycles. The molecule has 0 radical (unpaired) electrons. The maximum absolute atomic E-state index is 4.69. The van der Waals surface area contributed by atoms with E-state index < -0.39 is 0 Å². The van der Waals surface area contributed by atoms with E-state index in [1.165, 1.54) is 18.2 Å². The Balaban J connectivity index is 0.000000574. The number of nitrogens with zero attached hydrogens (tertiary/aromatic N) is 2. The number of halogens is 1. The van der Waals surface area contributed by atoms with Crippen molar-refractivity contribution in [2.24, 2.45) is 0 Å². The van der Waals surface area contributed by atoms with Crippen molar-refractivity contribution in [1.29, 1.82) is 0 Å². The molecule has 0 spiro atoms. The topological polar surface area (TPSA) is 25.8 Å². The number of para-hydroxylation sites is 1. The Morgan fingerprint density at radius 2 is 1.56 bits per heavy atom. The van der Waals surface area contributed by atoms with Gasteiger partial charge in [0.15, 0.2) is 0 Å². The maximum Gasteiger partial charge on any atom is 0.0893 e. The molecule has 4 heteroatoms. The largest absolute Gasteiger partial charge is 0.255 e. The van der Waals surface area contributed by atoms with E-state index in [1.54, 1.807) is 6.20 Å². The van der Waals surface area contributed by atoms with Crippen LogP contribution in [-0.4, -0.2) is 9.97 Å². The summed E-state index contributed by atoms with van der Waals surface area (Å²) in [6.07, 6.45) is 1.78. The van der Waals surface area contributed by atoms with E-state index in [2.05, 4.69) is 22.1 Å². The minimum atomic E-state index is 0.910. The summed E-state index contributed by atoms with van der Waals surface area (Å²) >= 11 is 1.19. The van der Waals surface area contributed by atoms with Gasteiger partial charge in [0.25, 0.3) is 0 Å². The molecule has 0 bridgehead atoms. The minimum absolute atomic E-state index is 0.910. The van der Waals surface area contributed by atoms with Crippen LogP contribution in [0.25, 0.3) is 22.3 Å². The van der Waals surface area contributed by atoms with E-state index in [0.29, 0.717) is 0 Å². The Labute approximate surface area is 120 Å². The zero-order valence-electron chi connectivity index (χ0n) is 9.42. The first-order valence-electron chi connectivity index (χ1n) is 5.35. The Bertz CT molecular complexity index is 629. The molecule has 0 unspecified atom stereocenters. The van der Waals surface area contributed by atoms with Gasteiger partial charge in [-0.1, -0.05) is 30.3 Å². The van der Waals surface area contributed by atoms with Gasteiger partial charge in [0.05, 0.1) is 16.9 Å². The monoisotopic (exact) mass is 428 g/mol. The van der Waals surface area contributed by atoms with E-state index in [0.717, 1.165) is 22.3 Å². The van der Waals surface area contributed by atoms with Crippen LogP contribution in [0.2, 0.25) is 0 Å². The predicted molar refractivity (Wildman–Crippen MR) is 70.8 cm³/mol. The number of fused-ring (bicyclic) bond motifs is 1.